The number of imidazole rings is 1. The number of nitriles is 1. The van der Waals surface area contributed by atoms with Gasteiger partial charge in [-0.15, -0.1) is 11.3 Å². The molecule has 6 rings (SSSR count). The molecule has 0 N–H and O–H groups in total. The molecule has 206 valence electrons. The summed E-state index contributed by atoms with van der Waals surface area (Å²) >= 11 is 1.26. The third-order valence-electron chi connectivity index (χ3n) is 6.98. The molecule has 0 unspecified atom stereocenters. The van der Waals surface area contributed by atoms with E-state index in [2.05, 4.69) is 11.1 Å². The normalized spacial score (nSPS) is 14.4. The molecule has 1 atom stereocenters. The van der Waals surface area contributed by atoms with Crippen LogP contribution >= 0.6 is 11.3 Å². The van der Waals surface area contributed by atoms with Crippen LogP contribution in [0.5, 0.6) is 5.88 Å². The number of hydrogen-bond acceptors (Lipinski definition) is 8. The third-order valence-corrected chi connectivity index (χ3v) is 7.98. The highest BCUT2D eigenvalue weighted by Crippen LogP contribution is 2.30. The van der Waals surface area contributed by atoms with Crippen molar-refractivity contribution in [2.24, 2.45) is 0 Å². The summed E-state index contributed by atoms with van der Waals surface area (Å²) in [6.07, 6.45) is 1.30. The van der Waals surface area contributed by atoms with Crippen molar-refractivity contribution in [2.75, 3.05) is 13.7 Å². The Kier molecular flexibility index (Phi) is 7.46. The lowest BCUT2D eigenvalue weighted by Crippen LogP contribution is -2.31. The first-order chi connectivity index (χ1) is 20.0. The van der Waals surface area contributed by atoms with E-state index in [4.69, 9.17) is 24.5 Å². The minimum Gasteiger partial charge on any atom is -0.473 e. The summed E-state index contributed by atoms with van der Waals surface area (Å²) in [5.41, 5.74) is 4.04. The van der Waals surface area contributed by atoms with Crippen LogP contribution in [0.4, 0.5) is 4.39 Å². The van der Waals surface area contributed by atoms with E-state index in [1.54, 1.807) is 36.4 Å². The number of methoxy groups -OCH3 is 1. The van der Waals surface area contributed by atoms with E-state index in [9.17, 15) is 4.79 Å². The fourth-order valence-electron chi connectivity index (χ4n) is 4.64. The zero-order valence-electron chi connectivity index (χ0n) is 22.2. The van der Waals surface area contributed by atoms with Gasteiger partial charge in [0.15, 0.2) is 0 Å². The number of ether oxygens (including phenoxy) is 3. The fraction of sp³-hybridized carbons (Fsp3) is 0.226. The monoisotopic (exact) mass is 568 g/mol. The number of rotatable bonds is 9. The second kappa shape index (κ2) is 11.5. The van der Waals surface area contributed by atoms with Crippen molar-refractivity contribution in [3.8, 4) is 23.2 Å². The summed E-state index contributed by atoms with van der Waals surface area (Å²) in [7, 11) is 1.35. The summed E-state index contributed by atoms with van der Waals surface area (Å²) in [5.74, 6) is 0.366. The van der Waals surface area contributed by atoms with E-state index >= 15 is 4.39 Å². The van der Waals surface area contributed by atoms with Gasteiger partial charge in [0.25, 0.3) is 0 Å². The second-order valence-electron chi connectivity index (χ2n) is 9.65. The van der Waals surface area contributed by atoms with Crippen LogP contribution in [0.2, 0.25) is 0 Å². The number of carbonyl (C=O) groups excluding carboxylic acids is 1. The van der Waals surface area contributed by atoms with Crippen molar-refractivity contribution in [2.45, 2.75) is 32.1 Å². The van der Waals surface area contributed by atoms with Gasteiger partial charge in [0.05, 0.1) is 42.6 Å². The van der Waals surface area contributed by atoms with Gasteiger partial charge in [-0.2, -0.15) is 5.26 Å². The number of hydrogen-bond donors (Lipinski definition) is 0. The Bertz CT molecular complexity index is 1770. The molecule has 0 saturated carbocycles. The molecule has 1 saturated heterocycles. The van der Waals surface area contributed by atoms with Crippen LogP contribution in [-0.2, 0) is 29.0 Å². The molecule has 0 aliphatic carbocycles. The van der Waals surface area contributed by atoms with Crippen LogP contribution in [0.3, 0.4) is 0 Å². The van der Waals surface area contributed by atoms with Crippen LogP contribution in [-0.4, -0.2) is 40.3 Å². The SMILES string of the molecule is COC(=O)c1cc2c(nc(Cc3ccc(-c4cccc(OCc5ccc(C#N)cc5)n4)cc3F)n2C[C@@H]2CCO2)s1. The largest absolute Gasteiger partial charge is 0.473 e. The van der Waals surface area contributed by atoms with Crippen LogP contribution in [0.15, 0.2) is 66.7 Å². The molecule has 0 amide bonds. The van der Waals surface area contributed by atoms with Gasteiger partial charge < -0.3 is 18.8 Å². The highest BCUT2D eigenvalue weighted by molar-refractivity contribution is 7.20. The minimum atomic E-state index is -0.403. The predicted molar refractivity (Wildman–Crippen MR) is 151 cm³/mol. The topological polar surface area (TPSA) is 99.3 Å². The first-order valence-electron chi connectivity index (χ1n) is 13.1. The first-order valence-corrected chi connectivity index (χ1v) is 13.9. The van der Waals surface area contributed by atoms with Crippen molar-refractivity contribution in [3.63, 3.8) is 0 Å². The van der Waals surface area contributed by atoms with E-state index in [1.165, 1.54) is 24.5 Å². The lowest BCUT2D eigenvalue weighted by Gasteiger charge is -2.27. The number of halogens is 1. The zero-order chi connectivity index (χ0) is 28.3. The lowest BCUT2D eigenvalue weighted by atomic mass is 10.1. The van der Waals surface area contributed by atoms with Gasteiger partial charge in [0, 0.05) is 24.7 Å². The maximum atomic E-state index is 15.4. The molecule has 41 heavy (non-hydrogen) atoms. The molecule has 2 aromatic carbocycles. The van der Waals surface area contributed by atoms with Crippen molar-refractivity contribution >= 4 is 27.7 Å². The van der Waals surface area contributed by atoms with Crippen molar-refractivity contribution in [3.05, 3.63) is 99.9 Å². The quantitative estimate of drug-likeness (QED) is 0.204. The van der Waals surface area contributed by atoms with Crippen LogP contribution in [0.1, 0.15) is 38.6 Å². The van der Waals surface area contributed by atoms with Crippen molar-refractivity contribution in [1.82, 2.24) is 14.5 Å². The first kappa shape index (κ1) is 26.6. The number of pyridine rings is 1. The summed E-state index contributed by atoms with van der Waals surface area (Å²) in [5, 5.41) is 8.95. The summed E-state index contributed by atoms with van der Waals surface area (Å²) in [6, 6.07) is 21.5. The number of carbonyl (C=O) groups is 1. The molecular weight excluding hydrogens is 543 g/mol. The Morgan fingerprint density at radius 2 is 2.00 bits per heavy atom. The van der Waals surface area contributed by atoms with Gasteiger partial charge in [0.2, 0.25) is 5.88 Å². The Balaban J connectivity index is 1.21. The Hall–Kier alpha value is -4.59. The fourth-order valence-corrected chi connectivity index (χ4v) is 5.61. The molecular formula is C31H25FN4O4S. The van der Waals surface area contributed by atoms with E-state index in [0.717, 1.165) is 24.1 Å². The summed E-state index contributed by atoms with van der Waals surface area (Å²) in [6.45, 7) is 1.61. The Labute approximate surface area is 239 Å². The van der Waals surface area contributed by atoms with E-state index in [0.29, 0.717) is 56.9 Å². The molecule has 0 radical (unpaired) electrons. The molecule has 1 aliphatic heterocycles. The average molecular weight is 569 g/mol. The smallest absolute Gasteiger partial charge is 0.348 e. The van der Waals surface area contributed by atoms with Gasteiger partial charge >= 0.3 is 5.97 Å². The Morgan fingerprint density at radius 3 is 2.71 bits per heavy atom. The molecule has 1 aliphatic rings. The highest BCUT2D eigenvalue weighted by atomic mass is 32.1. The Morgan fingerprint density at radius 1 is 1.17 bits per heavy atom. The molecule has 5 aromatic rings. The molecule has 1 fully saturated rings. The number of esters is 1. The molecule has 10 heteroatoms. The number of fused-ring (bicyclic) bond motifs is 1. The molecule has 0 bridgehead atoms. The second-order valence-corrected chi connectivity index (χ2v) is 10.7. The van der Waals surface area contributed by atoms with Gasteiger partial charge in [0.1, 0.15) is 28.0 Å². The van der Waals surface area contributed by atoms with Crippen LogP contribution < -0.4 is 4.74 Å². The highest BCUT2D eigenvalue weighted by Gasteiger charge is 2.24. The summed E-state index contributed by atoms with van der Waals surface area (Å²) in [4.78, 5) is 22.5. The standard InChI is InChI=1S/C31H25FN4O4S/c1-38-31(37)27-15-26-30(41-27)35-28(36(26)17-23-11-12-39-23)14-21-9-10-22(13-24(21)32)25-3-2-4-29(34-25)40-18-20-7-5-19(16-33)6-8-20/h2-10,13,15,23H,11-12,14,17-18H2,1H3/t23-/m0/s1. The zero-order valence-corrected chi connectivity index (χ0v) is 23.0. The number of nitrogens with zero attached hydrogens (tertiary/aromatic N) is 4. The maximum Gasteiger partial charge on any atom is 0.348 e. The molecule has 3 aromatic heterocycles. The molecule has 8 nitrogen and oxygen atoms in total. The van der Waals surface area contributed by atoms with E-state index in [1.807, 2.05) is 28.8 Å². The number of aromatic nitrogens is 3. The number of benzene rings is 2. The minimum absolute atomic E-state index is 0.0670. The predicted octanol–water partition coefficient (Wildman–Crippen LogP) is 5.92. The molecule has 0 spiro atoms. The van der Waals surface area contributed by atoms with Gasteiger partial charge in [-0.1, -0.05) is 30.3 Å². The van der Waals surface area contributed by atoms with Crippen molar-refractivity contribution in [1.29, 1.82) is 5.26 Å². The maximum absolute atomic E-state index is 15.4. The van der Waals surface area contributed by atoms with Crippen molar-refractivity contribution < 1.29 is 23.4 Å². The van der Waals surface area contributed by atoms with Crippen LogP contribution in [0, 0.1) is 17.1 Å². The summed E-state index contributed by atoms with van der Waals surface area (Å²) < 4.78 is 33.8. The molecule has 4 heterocycles. The van der Waals surface area contributed by atoms with Crippen LogP contribution in [0.25, 0.3) is 21.6 Å². The van der Waals surface area contributed by atoms with E-state index in [-0.39, 0.29) is 18.3 Å². The third kappa shape index (κ3) is 5.68. The average Bonchev–Trinajstić information content (AvgIpc) is 3.53. The van der Waals surface area contributed by atoms with Gasteiger partial charge in [-0.05, 0) is 47.9 Å². The number of thiophene rings is 1. The lowest BCUT2D eigenvalue weighted by molar-refractivity contribution is -0.0589. The van der Waals surface area contributed by atoms with Gasteiger partial charge in [-0.3, -0.25) is 0 Å². The van der Waals surface area contributed by atoms with Gasteiger partial charge in [-0.25, -0.2) is 19.2 Å². The van der Waals surface area contributed by atoms with E-state index < -0.39 is 5.97 Å².